The highest BCUT2D eigenvalue weighted by atomic mass is 79.9. The topological polar surface area (TPSA) is 55.1 Å². The van der Waals surface area contributed by atoms with Gasteiger partial charge in [0.2, 0.25) is 5.91 Å². The molecule has 0 saturated carbocycles. The Morgan fingerprint density at radius 2 is 1.75 bits per heavy atom. The van der Waals surface area contributed by atoms with Crippen LogP contribution in [0.25, 0.3) is 0 Å². The molecular weight excluding hydrogens is 316 g/mol. The van der Waals surface area contributed by atoms with Crippen molar-refractivity contribution in [3.05, 3.63) is 70.2 Å². The molecule has 0 aromatic heterocycles. The molecule has 2 aromatic carbocycles. The molecule has 0 heterocycles. The zero-order valence-corrected chi connectivity index (χ0v) is 12.6. The van der Waals surface area contributed by atoms with Crippen LogP contribution in [0.15, 0.2) is 59.1 Å². The first-order valence-electron chi connectivity index (χ1n) is 6.47. The van der Waals surface area contributed by atoms with Crippen LogP contribution in [0.4, 0.5) is 0 Å². The summed E-state index contributed by atoms with van der Waals surface area (Å²) in [7, 11) is 0. The maximum absolute atomic E-state index is 12.0. The van der Waals surface area contributed by atoms with Gasteiger partial charge >= 0.3 is 0 Å². The van der Waals surface area contributed by atoms with E-state index < -0.39 is 6.04 Å². The fourth-order valence-electron chi connectivity index (χ4n) is 1.92. The monoisotopic (exact) mass is 332 g/mol. The van der Waals surface area contributed by atoms with Crippen molar-refractivity contribution in [2.75, 3.05) is 0 Å². The summed E-state index contributed by atoms with van der Waals surface area (Å²) in [6, 6.07) is 17.1. The minimum atomic E-state index is -0.528. The fraction of sp³-hybridized carbons (Fsp3) is 0.188. The number of amides is 1. The molecule has 0 aliphatic heterocycles. The summed E-state index contributed by atoms with van der Waals surface area (Å²) in [5.74, 6) is -0.135. The number of rotatable bonds is 5. The Morgan fingerprint density at radius 1 is 1.10 bits per heavy atom. The number of nitrogens with one attached hydrogen (secondary N) is 1. The van der Waals surface area contributed by atoms with E-state index in [-0.39, 0.29) is 5.91 Å². The normalized spacial score (nSPS) is 11.9. The molecule has 0 aliphatic carbocycles. The van der Waals surface area contributed by atoms with Crippen molar-refractivity contribution in [1.29, 1.82) is 0 Å². The molecule has 0 saturated heterocycles. The zero-order chi connectivity index (χ0) is 14.4. The Bertz CT molecular complexity index is 572. The third-order valence-electron chi connectivity index (χ3n) is 3.05. The molecule has 2 rings (SSSR count). The highest BCUT2D eigenvalue weighted by Crippen LogP contribution is 2.15. The van der Waals surface area contributed by atoms with E-state index in [2.05, 4.69) is 21.2 Å². The molecule has 2 aromatic rings. The lowest BCUT2D eigenvalue weighted by molar-refractivity contribution is -0.122. The van der Waals surface area contributed by atoms with Gasteiger partial charge in [0.1, 0.15) is 0 Å². The molecule has 0 bridgehead atoms. The first-order chi connectivity index (χ1) is 9.66. The molecule has 0 radical (unpaired) electrons. The van der Waals surface area contributed by atoms with Crippen molar-refractivity contribution in [3.8, 4) is 0 Å². The van der Waals surface area contributed by atoms with Crippen LogP contribution in [0.2, 0.25) is 0 Å². The molecule has 0 fully saturated rings. The Kier molecular flexibility index (Phi) is 5.32. The Balaban J connectivity index is 1.87. The average Bonchev–Trinajstić information content (AvgIpc) is 2.47. The van der Waals surface area contributed by atoms with E-state index in [1.807, 2.05) is 54.6 Å². The molecule has 1 unspecified atom stereocenters. The van der Waals surface area contributed by atoms with Crippen molar-refractivity contribution in [2.24, 2.45) is 5.73 Å². The number of carbonyl (C=O) groups excluding carboxylic acids is 1. The van der Waals surface area contributed by atoms with Crippen LogP contribution >= 0.6 is 15.9 Å². The number of carbonyl (C=O) groups is 1. The molecular formula is C16H17BrN2O. The van der Waals surface area contributed by atoms with Crippen molar-refractivity contribution in [1.82, 2.24) is 5.32 Å². The predicted octanol–water partition coefficient (Wildman–Crippen LogP) is 2.64. The molecule has 3 N–H and O–H groups in total. The van der Waals surface area contributed by atoms with Crippen LogP contribution in [0.5, 0.6) is 0 Å². The maximum Gasteiger partial charge on any atom is 0.237 e. The summed E-state index contributed by atoms with van der Waals surface area (Å²) in [4.78, 5) is 12.0. The molecule has 1 amide bonds. The standard InChI is InChI=1S/C16H17BrN2O/c17-14-9-5-4-8-13(14)11-19-16(20)15(18)10-12-6-2-1-3-7-12/h1-9,15H,10-11,18H2,(H,19,20). The maximum atomic E-state index is 12.0. The lowest BCUT2D eigenvalue weighted by atomic mass is 10.1. The summed E-state index contributed by atoms with van der Waals surface area (Å²) in [5, 5.41) is 2.87. The van der Waals surface area contributed by atoms with Crippen molar-refractivity contribution in [3.63, 3.8) is 0 Å². The molecule has 4 heteroatoms. The van der Waals surface area contributed by atoms with Gasteiger partial charge in [0.15, 0.2) is 0 Å². The molecule has 0 aliphatic rings. The van der Waals surface area contributed by atoms with E-state index in [1.165, 1.54) is 0 Å². The molecule has 20 heavy (non-hydrogen) atoms. The summed E-state index contributed by atoms with van der Waals surface area (Å²) in [5.41, 5.74) is 8.03. The predicted molar refractivity (Wildman–Crippen MR) is 84.1 cm³/mol. The largest absolute Gasteiger partial charge is 0.351 e. The minimum Gasteiger partial charge on any atom is -0.351 e. The number of hydrogen-bond donors (Lipinski definition) is 2. The smallest absolute Gasteiger partial charge is 0.237 e. The van der Waals surface area contributed by atoms with Gasteiger partial charge in [-0.1, -0.05) is 64.5 Å². The van der Waals surface area contributed by atoms with Crippen LogP contribution < -0.4 is 11.1 Å². The van der Waals surface area contributed by atoms with E-state index >= 15 is 0 Å². The summed E-state index contributed by atoms with van der Waals surface area (Å²) in [6.07, 6.45) is 0.544. The van der Waals surface area contributed by atoms with Gasteiger partial charge in [-0.3, -0.25) is 4.79 Å². The van der Waals surface area contributed by atoms with E-state index in [9.17, 15) is 4.79 Å². The fourth-order valence-corrected chi connectivity index (χ4v) is 2.34. The number of hydrogen-bond acceptors (Lipinski definition) is 2. The van der Waals surface area contributed by atoms with Crippen molar-refractivity contribution in [2.45, 2.75) is 19.0 Å². The molecule has 1 atom stereocenters. The molecule has 0 spiro atoms. The Labute approximate surface area is 127 Å². The second-order valence-corrected chi connectivity index (χ2v) is 5.46. The Morgan fingerprint density at radius 3 is 2.45 bits per heavy atom. The van der Waals surface area contributed by atoms with E-state index in [4.69, 9.17) is 5.73 Å². The summed E-state index contributed by atoms with van der Waals surface area (Å²) < 4.78 is 0.983. The minimum absolute atomic E-state index is 0.135. The third-order valence-corrected chi connectivity index (χ3v) is 3.82. The van der Waals surface area contributed by atoms with Crippen molar-refractivity contribution >= 4 is 21.8 Å². The van der Waals surface area contributed by atoms with Gasteiger partial charge in [-0.2, -0.15) is 0 Å². The molecule has 104 valence electrons. The van der Waals surface area contributed by atoms with E-state index in [0.29, 0.717) is 13.0 Å². The lowest BCUT2D eigenvalue weighted by Crippen LogP contribution is -2.41. The summed E-state index contributed by atoms with van der Waals surface area (Å²) in [6.45, 7) is 0.475. The average molecular weight is 333 g/mol. The van der Waals surface area contributed by atoms with Gasteiger partial charge < -0.3 is 11.1 Å². The van der Waals surface area contributed by atoms with Crippen LogP contribution in [0.1, 0.15) is 11.1 Å². The lowest BCUT2D eigenvalue weighted by Gasteiger charge is -2.13. The highest BCUT2D eigenvalue weighted by molar-refractivity contribution is 9.10. The summed E-state index contributed by atoms with van der Waals surface area (Å²) >= 11 is 3.45. The van der Waals surface area contributed by atoms with Crippen LogP contribution in [-0.2, 0) is 17.8 Å². The van der Waals surface area contributed by atoms with Gasteiger partial charge in [0.25, 0.3) is 0 Å². The van der Waals surface area contributed by atoms with Gasteiger partial charge in [-0.15, -0.1) is 0 Å². The SMILES string of the molecule is NC(Cc1ccccc1)C(=O)NCc1ccccc1Br. The number of nitrogens with two attached hydrogens (primary N) is 1. The number of halogens is 1. The second-order valence-electron chi connectivity index (χ2n) is 4.61. The second kappa shape index (κ2) is 7.22. The van der Waals surface area contributed by atoms with Gasteiger partial charge in [0, 0.05) is 11.0 Å². The van der Waals surface area contributed by atoms with Gasteiger partial charge in [0.05, 0.1) is 6.04 Å². The van der Waals surface area contributed by atoms with E-state index in [1.54, 1.807) is 0 Å². The van der Waals surface area contributed by atoms with Gasteiger partial charge in [-0.25, -0.2) is 0 Å². The first-order valence-corrected chi connectivity index (χ1v) is 7.27. The van der Waals surface area contributed by atoms with Crippen LogP contribution in [-0.4, -0.2) is 11.9 Å². The quantitative estimate of drug-likeness (QED) is 0.884. The van der Waals surface area contributed by atoms with Crippen molar-refractivity contribution < 1.29 is 4.79 Å². The van der Waals surface area contributed by atoms with Crippen LogP contribution in [0, 0.1) is 0 Å². The van der Waals surface area contributed by atoms with Crippen LogP contribution in [0.3, 0.4) is 0 Å². The molecule has 3 nitrogen and oxygen atoms in total. The Hall–Kier alpha value is -1.65. The number of benzene rings is 2. The van der Waals surface area contributed by atoms with E-state index in [0.717, 1.165) is 15.6 Å². The third kappa shape index (κ3) is 4.18. The highest BCUT2D eigenvalue weighted by Gasteiger charge is 2.13. The zero-order valence-electron chi connectivity index (χ0n) is 11.1. The van der Waals surface area contributed by atoms with Gasteiger partial charge in [-0.05, 0) is 23.6 Å². The first kappa shape index (κ1) is 14.8.